The van der Waals surface area contributed by atoms with E-state index < -0.39 is 0 Å². The van der Waals surface area contributed by atoms with E-state index >= 15 is 0 Å². The zero-order valence-corrected chi connectivity index (χ0v) is 8.17. The molecule has 0 spiro atoms. The Hall–Kier alpha value is -0.330. The molecule has 0 aromatic heterocycles. The summed E-state index contributed by atoms with van der Waals surface area (Å²) in [5.74, 6) is 0. The van der Waals surface area contributed by atoms with Crippen LogP contribution in [0.15, 0.2) is 23.9 Å². The van der Waals surface area contributed by atoms with E-state index in [1.165, 1.54) is 5.70 Å². The highest BCUT2D eigenvalue weighted by Crippen LogP contribution is 2.25. The number of likely N-dealkylation sites (N-methyl/N-ethyl adjacent to an activating group) is 2. The molecule has 1 aliphatic carbocycles. The predicted molar refractivity (Wildman–Crippen MR) is 52.4 cm³/mol. The van der Waals surface area contributed by atoms with Gasteiger partial charge in [0.2, 0.25) is 0 Å². The molecule has 11 heavy (non-hydrogen) atoms. The van der Waals surface area contributed by atoms with Gasteiger partial charge in [0.15, 0.2) is 0 Å². The minimum absolute atomic E-state index is 0.0698. The summed E-state index contributed by atoms with van der Waals surface area (Å²) >= 11 is 0. The largest absolute Gasteiger partial charge is 0.388 e. The lowest BCUT2D eigenvalue weighted by Crippen LogP contribution is -2.35. The molecule has 1 rings (SSSR count). The van der Waals surface area contributed by atoms with Crippen LogP contribution in [-0.2, 0) is 0 Å². The molecular formula is C8H15N2P. The van der Waals surface area contributed by atoms with Crippen LogP contribution in [0.5, 0.6) is 0 Å². The van der Waals surface area contributed by atoms with Crippen molar-refractivity contribution in [2.45, 2.75) is 11.7 Å². The summed E-state index contributed by atoms with van der Waals surface area (Å²) in [4.78, 5) is 0. The van der Waals surface area contributed by atoms with E-state index in [1.807, 2.05) is 14.1 Å². The Bertz CT molecular complexity index is 198. The molecule has 2 nitrogen and oxygen atoms in total. The van der Waals surface area contributed by atoms with Gasteiger partial charge in [0.25, 0.3) is 0 Å². The fourth-order valence-corrected chi connectivity index (χ4v) is 1.24. The van der Waals surface area contributed by atoms with Gasteiger partial charge in [0.05, 0.1) is 5.28 Å². The molecule has 62 valence electrons. The van der Waals surface area contributed by atoms with Gasteiger partial charge in [0, 0.05) is 12.7 Å². The highest BCUT2D eigenvalue weighted by Gasteiger charge is 2.19. The van der Waals surface area contributed by atoms with Crippen LogP contribution in [-0.4, -0.2) is 19.4 Å². The molecule has 0 amide bonds. The monoisotopic (exact) mass is 170 g/mol. The Labute approximate surface area is 70.3 Å². The van der Waals surface area contributed by atoms with Crippen molar-refractivity contribution in [1.82, 2.24) is 10.6 Å². The van der Waals surface area contributed by atoms with Crippen LogP contribution in [0.1, 0.15) is 6.42 Å². The maximum absolute atomic E-state index is 3.23. The van der Waals surface area contributed by atoms with Crippen LogP contribution < -0.4 is 10.6 Å². The molecule has 0 fully saturated rings. The Morgan fingerprint density at radius 1 is 1.55 bits per heavy atom. The van der Waals surface area contributed by atoms with Gasteiger partial charge in [-0.25, -0.2) is 0 Å². The fraction of sp³-hybridized carbons (Fsp3) is 0.500. The normalized spacial score (nSPS) is 29.9. The van der Waals surface area contributed by atoms with Crippen molar-refractivity contribution in [2.75, 3.05) is 14.1 Å². The van der Waals surface area contributed by atoms with Crippen LogP contribution in [0.4, 0.5) is 0 Å². The second kappa shape index (κ2) is 3.38. The van der Waals surface area contributed by atoms with Crippen LogP contribution in [0.25, 0.3) is 0 Å². The molecule has 0 heterocycles. The first-order valence-electron chi connectivity index (χ1n) is 3.75. The Morgan fingerprint density at radius 2 is 2.27 bits per heavy atom. The van der Waals surface area contributed by atoms with E-state index in [9.17, 15) is 0 Å². The summed E-state index contributed by atoms with van der Waals surface area (Å²) in [5.41, 5.74) is 1.19. The van der Waals surface area contributed by atoms with E-state index in [4.69, 9.17) is 0 Å². The van der Waals surface area contributed by atoms with Gasteiger partial charge < -0.3 is 10.6 Å². The van der Waals surface area contributed by atoms with Crippen molar-refractivity contribution in [1.29, 1.82) is 0 Å². The molecule has 3 heteroatoms. The van der Waals surface area contributed by atoms with Crippen molar-refractivity contribution in [3.05, 3.63) is 23.9 Å². The number of rotatable bonds is 2. The average molecular weight is 170 g/mol. The lowest BCUT2D eigenvalue weighted by molar-refractivity contribution is 0.609. The molecule has 2 N–H and O–H groups in total. The lowest BCUT2D eigenvalue weighted by Gasteiger charge is -2.27. The van der Waals surface area contributed by atoms with Gasteiger partial charge in [-0.1, -0.05) is 12.2 Å². The summed E-state index contributed by atoms with van der Waals surface area (Å²) in [5, 5.41) is 6.40. The smallest absolute Gasteiger partial charge is 0.0542 e. The average Bonchev–Trinajstić information content (AvgIpc) is 2.06. The molecule has 0 aromatic rings. The summed E-state index contributed by atoms with van der Waals surface area (Å²) in [6.45, 7) is 0. The Morgan fingerprint density at radius 3 is 2.64 bits per heavy atom. The first-order chi connectivity index (χ1) is 5.20. The molecule has 1 aliphatic rings. The predicted octanol–water partition coefficient (Wildman–Crippen LogP) is 0.840. The maximum atomic E-state index is 3.23. The van der Waals surface area contributed by atoms with Crippen molar-refractivity contribution < 1.29 is 0 Å². The van der Waals surface area contributed by atoms with Gasteiger partial charge in [-0.2, -0.15) is 0 Å². The zero-order valence-electron chi connectivity index (χ0n) is 7.02. The van der Waals surface area contributed by atoms with Crippen molar-refractivity contribution in [3.8, 4) is 0 Å². The third kappa shape index (κ3) is 2.05. The van der Waals surface area contributed by atoms with E-state index in [2.05, 4.69) is 38.1 Å². The highest BCUT2D eigenvalue weighted by molar-refractivity contribution is 7.19. The molecule has 0 saturated heterocycles. The van der Waals surface area contributed by atoms with Crippen molar-refractivity contribution >= 4 is 9.24 Å². The van der Waals surface area contributed by atoms with E-state index in [-0.39, 0.29) is 5.28 Å². The second-order valence-electron chi connectivity index (χ2n) is 2.74. The molecule has 0 aromatic carbocycles. The first-order valence-corrected chi connectivity index (χ1v) is 4.33. The molecule has 0 bridgehead atoms. The third-order valence-corrected chi connectivity index (χ3v) is 2.69. The third-order valence-electron chi connectivity index (χ3n) is 1.97. The number of hydrogen-bond acceptors (Lipinski definition) is 2. The van der Waals surface area contributed by atoms with E-state index in [0.29, 0.717) is 0 Å². The van der Waals surface area contributed by atoms with E-state index in [1.54, 1.807) is 0 Å². The number of allylic oxidation sites excluding steroid dienone is 1. The van der Waals surface area contributed by atoms with Gasteiger partial charge in [0.1, 0.15) is 0 Å². The highest BCUT2D eigenvalue weighted by atomic mass is 31.0. The van der Waals surface area contributed by atoms with Gasteiger partial charge >= 0.3 is 0 Å². The van der Waals surface area contributed by atoms with E-state index in [0.717, 1.165) is 6.42 Å². The zero-order chi connectivity index (χ0) is 8.32. The Kier molecular flexibility index (Phi) is 2.69. The minimum Gasteiger partial charge on any atom is -0.388 e. The molecule has 0 saturated carbocycles. The summed E-state index contributed by atoms with van der Waals surface area (Å²) in [6, 6.07) is 0. The lowest BCUT2D eigenvalue weighted by atomic mass is 10.1. The fourth-order valence-electron chi connectivity index (χ4n) is 1.02. The van der Waals surface area contributed by atoms with Crippen LogP contribution >= 0.6 is 9.24 Å². The number of nitrogens with one attached hydrogen (secondary N) is 2. The maximum Gasteiger partial charge on any atom is 0.0542 e. The quantitative estimate of drug-likeness (QED) is 0.600. The van der Waals surface area contributed by atoms with Crippen LogP contribution in [0.2, 0.25) is 0 Å². The van der Waals surface area contributed by atoms with Gasteiger partial charge in [-0.3, -0.25) is 0 Å². The number of hydrogen-bond donors (Lipinski definition) is 2. The SMILES string of the molecule is CNC1=CCC(P)(NC)C=C1. The molecule has 2 unspecified atom stereocenters. The second-order valence-corrected chi connectivity index (χ2v) is 3.77. The van der Waals surface area contributed by atoms with Crippen LogP contribution in [0, 0.1) is 0 Å². The minimum atomic E-state index is 0.0698. The summed E-state index contributed by atoms with van der Waals surface area (Å²) < 4.78 is 0. The topological polar surface area (TPSA) is 24.1 Å². The molecule has 0 radical (unpaired) electrons. The standard InChI is InChI=1S/C8H15N2P/c1-9-7-3-5-8(11,10-2)6-4-7/h3-5,9-10H,6,11H2,1-2H3. The summed E-state index contributed by atoms with van der Waals surface area (Å²) in [6.07, 6.45) is 7.45. The molecule has 2 atom stereocenters. The Balaban J connectivity index is 2.63. The molecule has 0 aliphatic heterocycles. The summed E-state index contributed by atoms with van der Waals surface area (Å²) in [7, 11) is 6.71. The first kappa shape index (κ1) is 8.76. The van der Waals surface area contributed by atoms with Gasteiger partial charge in [-0.15, -0.1) is 9.24 Å². The van der Waals surface area contributed by atoms with Crippen molar-refractivity contribution in [3.63, 3.8) is 0 Å². The van der Waals surface area contributed by atoms with Gasteiger partial charge in [-0.05, 0) is 19.5 Å². The van der Waals surface area contributed by atoms with Crippen LogP contribution in [0.3, 0.4) is 0 Å². The van der Waals surface area contributed by atoms with Crippen molar-refractivity contribution in [2.24, 2.45) is 0 Å². The molecular weight excluding hydrogens is 155 g/mol.